The van der Waals surface area contributed by atoms with Crippen molar-refractivity contribution in [3.63, 3.8) is 0 Å². The van der Waals surface area contributed by atoms with Gasteiger partial charge in [0, 0.05) is 11.6 Å². The highest BCUT2D eigenvalue weighted by Crippen LogP contribution is 2.33. The molecule has 1 aromatic heterocycles. The average Bonchev–Trinajstić information content (AvgIpc) is 3.15. The van der Waals surface area contributed by atoms with Crippen LogP contribution in [0.2, 0.25) is 0 Å². The number of carboxylic acids is 1. The Balaban J connectivity index is 1.80. The second kappa shape index (κ2) is 7.47. The molecular weight excluding hydrogens is 370 g/mol. The van der Waals surface area contributed by atoms with Crippen LogP contribution in [0.5, 0.6) is 0 Å². The minimum atomic E-state index is -1.10. The summed E-state index contributed by atoms with van der Waals surface area (Å²) >= 11 is 6.15. The Morgan fingerprint density at radius 3 is 2.58 bits per heavy atom. The predicted octanol–water partition coefficient (Wildman–Crippen LogP) is 4.36. The third kappa shape index (κ3) is 3.89. The molecule has 2 aromatic rings. The molecule has 1 aliphatic heterocycles. The van der Waals surface area contributed by atoms with Crippen molar-refractivity contribution < 1.29 is 19.1 Å². The molecule has 1 saturated heterocycles. The van der Waals surface area contributed by atoms with E-state index in [1.54, 1.807) is 12.1 Å². The second-order valence-electron chi connectivity index (χ2n) is 6.14. The first kappa shape index (κ1) is 18.4. The van der Waals surface area contributed by atoms with Crippen LogP contribution in [0.1, 0.15) is 31.1 Å². The minimum Gasteiger partial charge on any atom is -0.480 e. The zero-order valence-corrected chi connectivity index (χ0v) is 15.9. The Kier molecular flexibility index (Phi) is 5.29. The molecule has 0 aliphatic carbocycles. The lowest BCUT2D eigenvalue weighted by molar-refractivity contribution is -0.140. The zero-order valence-electron chi connectivity index (χ0n) is 14.3. The summed E-state index contributed by atoms with van der Waals surface area (Å²) in [6.45, 7) is 3.84. The van der Waals surface area contributed by atoms with E-state index in [2.05, 4.69) is 26.0 Å². The summed E-state index contributed by atoms with van der Waals surface area (Å²) in [7, 11) is 0. The molecule has 1 aliphatic rings. The summed E-state index contributed by atoms with van der Waals surface area (Å²) in [5.74, 6) is 0.162. The lowest BCUT2D eigenvalue weighted by atomic mass is 10.0. The van der Waals surface area contributed by atoms with Gasteiger partial charge in [-0.2, -0.15) is 0 Å². The van der Waals surface area contributed by atoms with Gasteiger partial charge in [-0.15, -0.1) is 0 Å². The smallest absolute Gasteiger partial charge is 0.323 e. The predicted molar refractivity (Wildman–Crippen MR) is 106 cm³/mol. The van der Waals surface area contributed by atoms with Crippen LogP contribution in [-0.4, -0.2) is 32.7 Å². The Labute approximate surface area is 160 Å². The first-order valence-corrected chi connectivity index (χ1v) is 9.25. The molecule has 0 saturated carbocycles. The first-order valence-electron chi connectivity index (χ1n) is 8.02. The van der Waals surface area contributed by atoms with E-state index in [-0.39, 0.29) is 4.32 Å². The highest BCUT2D eigenvalue weighted by molar-refractivity contribution is 8.26. The Hall–Kier alpha value is -2.38. The fourth-order valence-electron chi connectivity index (χ4n) is 2.52. The highest BCUT2D eigenvalue weighted by atomic mass is 32.2. The Bertz CT molecular complexity index is 897. The molecule has 1 N–H and O–H groups in total. The molecular formula is C19H17NO4S2. The topological polar surface area (TPSA) is 70.8 Å². The SMILES string of the molecule is CC(C)c1ccc(-c2ccc(/C=C3\SC(=S)N(CC(=O)O)C3=O)o2)cc1. The molecule has 26 heavy (non-hydrogen) atoms. The number of amides is 1. The maximum absolute atomic E-state index is 12.3. The molecule has 134 valence electrons. The molecule has 1 fully saturated rings. The van der Waals surface area contributed by atoms with Crippen molar-refractivity contribution in [3.05, 3.63) is 52.6 Å². The number of carboxylic acid groups (broad SMARTS) is 1. The van der Waals surface area contributed by atoms with Gasteiger partial charge in [-0.3, -0.25) is 14.5 Å². The zero-order chi connectivity index (χ0) is 18.8. The molecule has 0 radical (unpaired) electrons. The van der Waals surface area contributed by atoms with Gasteiger partial charge in [0.1, 0.15) is 22.4 Å². The van der Waals surface area contributed by atoms with Gasteiger partial charge >= 0.3 is 5.97 Å². The van der Waals surface area contributed by atoms with Crippen molar-refractivity contribution >= 4 is 46.3 Å². The van der Waals surface area contributed by atoms with Crippen LogP contribution in [0.25, 0.3) is 17.4 Å². The van der Waals surface area contributed by atoms with Gasteiger partial charge in [-0.1, -0.05) is 62.1 Å². The number of furan rings is 1. The van der Waals surface area contributed by atoms with E-state index in [0.717, 1.165) is 22.2 Å². The van der Waals surface area contributed by atoms with E-state index in [1.807, 2.05) is 18.2 Å². The fraction of sp³-hybridized carbons (Fsp3) is 0.211. The number of carbonyl (C=O) groups is 2. The molecule has 0 bridgehead atoms. The van der Waals surface area contributed by atoms with Crippen molar-refractivity contribution in [1.29, 1.82) is 0 Å². The number of hydrogen-bond donors (Lipinski definition) is 1. The number of benzene rings is 1. The minimum absolute atomic E-state index is 0.236. The van der Waals surface area contributed by atoms with Crippen molar-refractivity contribution in [1.82, 2.24) is 4.90 Å². The van der Waals surface area contributed by atoms with Crippen LogP contribution >= 0.6 is 24.0 Å². The van der Waals surface area contributed by atoms with Crippen molar-refractivity contribution in [3.8, 4) is 11.3 Å². The number of carbonyl (C=O) groups excluding carboxylic acids is 1. The summed E-state index contributed by atoms with van der Waals surface area (Å²) < 4.78 is 6.05. The van der Waals surface area contributed by atoms with Crippen molar-refractivity contribution in [2.75, 3.05) is 6.54 Å². The Morgan fingerprint density at radius 2 is 1.96 bits per heavy atom. The number of nitrogens with zero attached hydrogens (tertiary/aromatic N) is 1. The van der Waals surface area contributed by atoms with Gasteiger partial charge < -0.3 is 9.52 Å². The summed E-state index contributed by atoms with van der Waals surface area (Å²) in [6.07, 6.45) is 1.59. The lowest BCUT2D eigenvalue weighted by Crippen LogP contribution is -2.33. The summed E-state index contributed by atoms with van der Waals surface area (Å²) in [5.41, 5.74) is 2.20. The fourth-order valence-corrected chi connectivity index (χ4v) is 3.75. The molecule has 1 amide bonds. The van der Waals surface area contributed by atoms with Gasteiger partial charge in [0.15, 0.2) is 0 Å². The normalized spacial score (nSPS) is 16.1. The monoisotopic (exact) mass is 387 g/mol. The standard InChI is InChI=1S/C19H17NO4S2/c1-11(2)12-3-5-13(6-4-12)15-8-7-14(24-15)9-16-18(23)20(10-17(21)22)19(25)26-16/h3-9,11H,10H2,1-2H3,(H,21,22)/b16-9-. The van der Waals surface area contributed by atoms with Gasteiger partial charge in [0.05, 0.1) is 4.91 Å². The number of hydrogen-bond acceptors (Lipinski definition) is 5. The number of rotatable bonds is 5. The van der Waals surface area contributed by atoms with Crippen LogP contribution in [0.15, 0.2) is 45.7 Å². The van der Waals surface area contributed by atoms with E-state index >= 15 is 0 Å². The summed E-state index contributed by atoms with van der Waals surface area (Å²) in [4.78, 5) is 24.5. The molecule has 0 spiro atoms. The summed E-state index contributed by atoms with van der Waals surface area (Å²) in [5, 5.41) is 8.87. The van der Waals surface area contributed by atoms with Gasteiger partial charge in [-0.25, -0.2) is 0 Å². The van der Waals surface area contributed by atoms with E-state index in [9.17, 15) is 9.59 Å². The number of thiocarbonyl (C=S) groups is 1. The number of aliphatic carboxylic acids is 1. The maximum Gasteiger partial charge on any atom is 0.323 e. The van der Waals surface area contributed by atoms with Crippen LogP contribution < -0.4 is 0 Å². The van der Waals surface area contributed by atoms with Crippen molar-refractivity contribution in [2.45, 2.75) is 19.8 Å². The van der Waals surface area contributed by atoms with E-state index < -0.39 is 18.4 Å². The highest BCUT2D eigenvalue weighted by Gasteiger charge is 2.33. The van der Waals surface area contributed by atoms with Gasteiger partial charge in [0.2, 0.25) is 0 Å². The summed E-state index contributed by atoms with van der Waals surface area (Å²) in [6, 6.07) is 11.8. The lowest BCUT2D eigenvalue weighted by Gasteiger charge is -2.09. The molecule has 0 unspecified atom stereocenters. The first-order chi connectivity index (χ1) is 12.3. The van der Waals surface area contributed by atoms with E-state index in [1.165, 1.54) is 5.56 Å². The molecule has 3 rings (SSSR count). The van der Waals surface area contributed by atoms with E-state index in [4.69, 9.17) is 21.7 Å². The molecule has 0 atom stereocenters. The van der Waals surface area contributed by atoms with Crippen LogP contribution in [0.3, 0.4) is 0 Å². The maximum atomic E-state index is 12.3. The van der Waals surface area contributed by atoms with Gasteiger partial charge in [0.25, 0.3) is 5.91 Å². The third-order valence-corrected chi connectivity index (χ3v) is 5.31. The average molecular weight is 387 g/mol. The third-order valence-electron chi connectivity index (χ3n) is 3.93. The largest absolute Gasteiger partial charge is 0.480 e. The van der Waals surface area contributed by atoms with Crippen LogP contribution in [0.4, 0.5) is 0 Å². The van der Waals surface area contributed by atoms with E-state index in [0.29, 0.717) is 22.3 Å². The van der Waals surface area contributed by atoms with Gasteiger partial charge in [-0.05, 0) is 23.6 Å². The molecule has 2 heterocycles. The number of thioether (sulfide) groups is 1. The molecule has 1 aromatic carbocycles. The second-order valence-corrected chi connectivity index (χ2v) is 7.82. The van der Waals surface area contributed by atoms with Crippen molar-refractivity contribution in [2.24, 2.45) is 0 Å². The quantitative estimate of drug-likeness (QED) is 0.607. The Morgan fingerprint density at radius 1 is 1.27 bits per heavy atom. The van der Waals surface area contributed by atoms with Crippen LogP contribution in [-0.2, 0) is 9.59 Å². The molecule has 7 heteroatoms. The van der Waals surface area contributed by atoms with Crippen LogP contribution in [0, 0.1) is 0 Å². The molecule has 5 nitrogen and oxygen atoms in total.